The Morgan fingerprint density at radius 1 is 1.30 bits per heavy atom. The molecule has 0 atom stereocenters. The highest BCUT2D eigenvalue weighted by Crippen LogP contribution is 2.38. The minimum absolute atomic E-state index is 0.0511. The van der Waals surface area contributed by atoms with Gasteiger partial charge in [0, 0.05) is 21.5 Å². The van der Waals surface area contributed by atoms with Crippen LogP contribution in [-0.4, -0.2) is 19.1 Å². The average molecular weight is 354 g/mol. The van der Waals surface area contributed by atoms with Crippen molar-refractivity contribution >= 4 is 38.9 Å². The van der Waals surface area contributed by atoms with Crippen LogP contribution in [0.3, 0.4) is 0 Å². The van der Waals surface area contributed by atoms with Crippen molar-refractivity contribution in [2.75, 3.05) is 18.5 Å². The number of hydrogen-bond donors (Lipinski definition) is 1. The summed E-state index contributed by atoms with van der Waals surface area (Å²) in [5.74, 6) is 1.30. The maximum Gasteiger partial charge on any atom is 0.229 e. The molecule has 0 aliphatic carbocycles. The van der Waals surface area contributed by atoms with Crippen LogP contribution >= 0.6 is 27.3 Å². The Hall–Kier alpha value is -1.53. The number of thiophene rings is 1. The monoisotopic (exact) mass is 353 g/mol. The predicted octanol–water partition coefficient (Wildman–Crippen LogP) is 3.46. The van der Waals surface area contributed by atoms with Gasteiger partial charge in [-0.2, -0.15) is 0 Å². The van der Waals surface area contributed by atoms with Crippen LogP contribution in [0.1, 0.15) is 4.88 Å². The number of nitrogens with one attached hydrogen (secondary N) is 1. The molecule has 20 heavy (non-hydrogen) atoms. The largest absolute Gasteiger partial charge is 0.486 e. The molecule has 0 saturated carbocycles. The van der Waals surface area contributed by atoms with Crippen LogP contribution in [0.4, 0.5) is 5.69 Å². The first-order chi connectivity index (χ1) is 9.72. The number of anilines is 1. The van der Waals surface area contributed by atoms with E-state index in [4.69, 9.17) is 9.47 Å². The maximum atomic E-state index is 12.0. The first kappa shape index (κ1) is 13.5. The van der Waals surface area contributed by atoms with Crippen LogP contribution in [0.2, 0.25) is 0 Å². The number of carbonyl (C=O) groups excluding carboxylic acids is 1. The van der Waals surface area contributed by atoms with Crippen molar-refractivity contribution in [2.24, 2.45) is 0 Å². The van der Waals surface area contributed by atoms with E-state index in [1.165, 1.54) is 0 Å². The lowest BCUT2D eigenvalue weighted by atomic mass is 10.2. The molecule has 0 fully saturated rings. The summed E-state index contributed by atoms with van der Waals surface area (Å²) in [4.78, 5) is 13.0. The summed E-state index contributed by atoms with van der Waals surface area (Å²) in [7, 11) is 0. The Kier molecular flexibility index (Phi) is 3.93. The summed E-state index contributed by atoms with van der Waals surface area (Å²) in [5, 5.41) is 4.84. The summed E-state index contributed by atoms with van der Waals surface area (Å²) >= 11 is 5.01. The minimum Gasteiger partial charge on any atom is -0.486 e. The summed E-state index contributed by atoms with van der Waals surface area (Å²) in [6, 6.07) is 7.48. The van der Waals surface area contributed by atoms with Crippen molar-refractivity contribution in [3.63, 3.8) is 0 Å². The number of carbonyl (C=O) groups is 1. The molecule has 1 aliphatic heterocycles. The molecule has 1 aromatic carbocycles. The van der Waals surface area contributed by atoms with Gasteiger partial charge in [0.1, 0.15) is 13.2 Å². The number of halogens is 1. The molecule has 4 nitrogen and oxygen atoms in total. The zero-order valence-electron chi connectivity index (χ0n) is 10.5. The Morgan fingerprint density at radius 2 is 2.05 bits per heavy atom. The normalized spacial score (nSPS) is 13.1. The van der Waals surface area contributed by atoms with E-state index >= 15 is 0 Å². The fourth-order valence-corrected chi connectivity index (χ4v) is 3.05. The lowest BCUT2D eigenvalue weighted by molar-refractivity contribution is -0.115. The van der Waals surface area contributed by atoms with E-state index in [9.17, 15) is 4.79 Å². The summed E-state index contributed by atoms with van der Waals surface area (Å²) in [5.41, 5.74) is 0.691. The second-order valence-corrected chi connectivity index (χ2v) is 6.17. The van der Waals surface area contributed by atoms with Crippen LogP contribution in [0.5, 0.6) is 11.5 Å². The molecule has 1 aromatic heterocycles. The molecule has 0 unspecified atom stereocenters. The van der Waals surface area contributed by atoms with Crippen molar-refractivity contribution < 1.29 is 14.3 Å². The van der Waals surface area contributed by atoms with E-state index in [-0.39, 0.29) is 5.91 Å². The van der Waals surface area contributed by atoms with E-state index in [1.54, 1.807) is 17.4 Å². The van der Waals surface area contributed by atoms with Gasteiger partial charge in [-0.15, -0.1) is 11.3 Å². The smallest absolute Gasteiger partial charge is 0.229 e. The van der Waals surface area contributed by atoms with Crippen molar-refractivity contribution in [1.29, 1.82) is 0 Å². The molecule has 0 saturated heterocycles. The number of benzene rings is 1. The van der Waals surface area contributed by atoms with Gasteiger partial charge >= 0.3 is 0 Å². The number of fused-ring (bicyclic) bond motifs is 1. The van der Waals surface area contributed by atoms with E-state index < -0.39 is 0 Å². The number of amides is 1. The molecular weight excluding hydrogens is 342 g/mol. The summed E-state index contributed by atoms with van der Waals surface area (Å²) in [6.45, 7) is 1.07. The fraction of sp³-hybridized carbons (Fsp3) is 0.214. The van der Waals surface area contributed by atoms with Gasteiger partial charge in [-0.25, -0.2) is 0 Å². The van der Waals surface area contributed by atoms with Crippen molar-refractivity contribution in [2.45, 2.75) is 6.42 Å². The van der Waals surface area contributed by atoms with Gasteiger partial charge in [0.05, 0.1) is 12.1 Å². The van der Waals surface area contributed by atoms with E-state index in [2.05, 4.69) is 21.2 Å². The van der Waals surface area contributed by atoms with Crippen molar-refractivity contribution in [3.05, 3.63) is 39.0 Å². The van der Waals surface area contributed by atoms with Crippen molar-refractivity contribution in [3.8, 4) is 11.5 Å². The Balaban J connectivity index is 1.75. The lowest BCUT2D eigenvalue weighted by Crippen LogP contribution is -2.17. The topological polar surface area (TPSA) is 47.6 Å². The quantitative estimate of drug-likeness (QED) is 0.918. The van der Waals surface area contributed by atoms with Gasteiger partial charge in [0.2, 0.25) is 5.91 Å². The summed E-state index contributed by atoms with van der Waals surface area (Å²) in [6.07, 6.45) is 0.374. The molecule has 0 radical (unpaired) electrons. The van der Waals surface area contributed by atoms with Gasteiger partial charge < -0.3 is 14.8 Å². The standard InChI is InChI=1S/C14H12BrNO3S/c15-10-7-12-13(19-4-3-18-12)8-11(10)16-14(17)6-9-2-1-5-20-9/h1-2,5,7-8H,3-4,6H2,(H,16,17). The SMILES string of the molecule is O=C(Cc1cccs1)Nc1cc2c(cc1Br)OCCO2. The summed E-state index contributed by atoms with van der Waals surface area (Å²) < 4.78 is 11.8. The van der Waals surface area contributed by atoms with Gasteiger partial charge in [-0.3, -0.25) is 4.79 Å². The molecular formula is C14H12BrNO3S. The highest BCUT2D eigenvalue weighted by Gasteiger charge is 2.16. The molecule has 1 amide bonds. The van der Waals surface area contributed by atoms with Crippen LogP contribution in [0, 0.1) is 0 Å². The number of hydrogen-bond acceptors (Lipinski definition) is 4. The van der Waals surface area contributed by atoms with E-state index in [1.807, 2.05) is 23.6 Å². The van der Waals surface area contributed by atoms with E-state index in [0.717, 1.165) is 9.35 Å². The third kappa shape index (κ3) is 2.96. The van der Waals surface area contributed by atoms with Gasteiger partial charge in [0.25, 0.3) is 0 Å². The Labute approximate surface area is 128 Å². The second-order valence-electron chi connectivity index (χ2n) is 4.28. The zero-order valence-corrected chi connectivity index (χ0v) is 12.9. The third-order valence-electron chi connectivity index (χ3n) is 2.82. The zero-order chi connectivity index (χ0) is 13.9. The number of rotatable bonds is 3. The molecule has 6 heteroatoms. The van der Waals surface area contributed by atoms with E-state index in [0.29, 0.717) is 36.8 Å². The molecule has 0 spiro atoms. The van der Waals surface area contributed by atoms with Crippen LogP contribution < -0.4 is 14.8 Å². The molecule has 0 bridgehead atoms. The van der Waals surface area contributed by atoms with Crippen LogP contribution in [0.15, 0.2) is 34.1 Å². The minimum atomic E-state index is -0.0511. The lowest BCUT2D eigenvalue weighted by Gasteiger charge is -2.20. The molecule has 1 N–H and O–H groups in total. The van der Waals surface area contributed by atoms with Gasteiger partial charge in [0.15, 0.2) is 11.5 Å². The fourth-order valence-electron chi connectivity index (χ4n) is 1.93. The first-order valence-electron chi connectivity index (χ1n) is 6.14. The predicted molar refractivity (Wildman–Crippen MR) is 81.8 cm³/mol. The second kappa shape index (κ2) is 5.85. The van der Waals surface area contributed by atoms with Crippen LogP contribution in [-0.2, 0) is 11.2 Å². The van der Waals surface area contributed by atoms with Crippen molar-refractivity contribution in [1.82, 2.24) is 0 Å². The highest BCUT2D eigenvalue weighted by molar-refractivity contribution is 9.10. The molecule has 2 heterocycles. The molecule has 2 aromatic rings. The third-order valence-corrected chi connectivity index (χ3v) is 4.35. The van der Waals surface area contributed by atoms with Gasteiger partial charge in [-0.05, 0) is 27.4 Å². The van der Waals surface area contributed by atoms with Gasteiger partial charge in [-0.1, -0.05) is 6.07 Å². The Bertz CT molecular complexity index is 628. The highest BCUT2D eigenvalue weighted by atomic mass is 79.9. The maximum absolute atomic E-state index is 12.0. The molecule has 3 rings (SSSR count). The Morgan fingerprint density at radius 3 is 2.75 bits per heavy atom. The van der Waals surface area contributed by atoms with Crippen LogP contribution in [0.25, 0.3) is 0 Å². The first-order valence-corrected chi connectivity index (χ1v) is 7.81. The average Bonchev–Trinajstić information content (AvgIpc) is 2.92. The molecule has 104 valence electrons. The molecule has 1 aliphatic rings. The number of ether oxygens (including phenoxy) is 2.